The Bertz CT molecular complexity index is 627. The summed E-state index contributed by atoms with van der Waals surface area (Å²) in [6.07, 6.45) is 0.233. The number of nitrogens with zero attached hydrogens (tertiary/aromatic N) is 2. The van der Waals surface area contributed by atoms with E-state index in [4.69, 9.17) is 10.1 Å². The van der Waals surface area contributed by atoms with Crippen molar-refractivity contribution < 1.29 is 19.4 Å². The van der Waals surface area contributed by atoms with Crippen molar-refractivity contribution in [3.05, 3.63) is 10.1 Å². The van der Waals surface area contributed by atoms with Crippen molar-refractivity contribution in [2.45, 2.75) is 37.0 Å². The summed E-state index contributed by atoms with van der Waals surface area (Å²) >= 11 is 3.38. The number of nitrogens with one attached hydrogen (secondary N) is 1. The first-order valence-electron chi connectivity index (χ1n) is 7.87. The van der Waals surface area contributed by atoms with Crippen molar-refractivity contribution in [3.8, 4) is 0 Å². The van der Waals surface area contributed by atoms with Crippen LogP contribution in [-0.4, -0.2) is 87.6 Å². The van der Waals surface area contributed by atoms with Crippen molar-refractivity contribution in [2.75, 3.05) is 13.1 Å². The molecule has 3 rings (SSSR count). The molecule has 3 unspecified atom stereocenters. The molecule has 3 aliphatic heterocycles. The Morgan fingerprint density at radius 3 is 2.83 bits per heavy atom. The average molecular weight is 379 g/mol. The van der Waals surface area contributed by atoms with Crippen molar-refractivity contribution in [1.82, 2.24) is 9.80 Å². The number of carbonyl (C=O) groups excluding carboxylic acids is 2. The van der Waals surface area contributed by atoms with Gasteiger partial charge in [-0.15, -0.1) is 0 Å². The first-order valence-corrected chi connectivity index (χ1v) is 10.6. The van der Waals surface area contributed by atoms with Crippen LogP contribution in [0.5, 0.6) is 0 Å². The van der Waals surface area contributed by atoms with Gasteiger partial charge in [0.2, 0.25) is 0 Å². The van der Waals surface area contributed by atoms with Crippen LogP contribution in [0.2, 0.25) is 0 Å². The number of likely N-dealkylation sites (tertiary alicyclic amines) is 1. The molecule has 3 heterocycles. The van der Waals surface area contributed by atoms with Crippen molar-refractivity contribution in [3.63, 3.8) is 0 Å². The number of aliphatic hydroxyl groups is 1. The van der Waals surface area contributed by atoms with Crippen LogP contribution in [0.4, 0.5) is 4.79 Å². The number of carbonyl (C=O) groups is 2. The number of hydrogen-bond donors (Lipinski definition) is 2. The van der Waals surface area contributed by atoms with Gasteiger partial charge >= 0.3 is 167 Å². The van der Waals surface area contributed by atoms with Gasteiger partial charge in [-0.25, -0.2) is 0 Å². The summed E-state index contributed by atoms with van der Waals surface area (Å²) in [4.78, 5) is 27.3. The third-order valence-electron chi connectivity index (χ3n) is 4.36. The first kappa shape index (κ1) is 18.6. The Labute approximate surface area is 166 Å². The van der Waals surface area contributed by atoms with Gasteiger partial charge < -0.3 is 0 Å². The fourth-order valence-electron chi connectivity index (χ4n) is 3.12. The minimum absolute atomic E-state index is 0.181. The topological polar surface area (TPSA) is 93.9 Å². The zero-order chi connectivity index (χ0) is 17.6. The Kier molecular flexibility index (Phi) is 5.58. The van der Waals surface area contributed by atoms with Crippen molar-refractivity contribution in [1.29, 1.82) is 5.41 Å². The zero-order valence-corrected chi connectivity index (χ0v) is 17.4. The van der Waals surface area contributed by atoms with E-state index < -0.39 is 12.0 Å². The molecule has 126 valence electrons. The quantitative estimate of drug-likeness (QED) is 0.327. The Balaban J connectivity index is 1.75. The molecule has 0 aromatic rings. The summed E-state index contributed by atoms with van der Waals surface area (Å²) in [5.41, 5.74) is 0. The molecular formula is C14H18N3NaO4S2. The van der Waals surface area contributed by atoms with Gasteiger partial charge in [0, 0.05) is 0 Å². The molecule has 7 nitrogen and oxygen atoms in total. The van der Waals surface area contributed by atoms with Gasteiger partial charge in [0.1, 0.15) is 0 Å². The monoisotopic (exact) mass is 379 g/mol. The van der Waals surface area contributed by atoms with Crippen LogP contribution in [-0.2, 0) is 9.53 Å². The second kappa shape index (κ2) is 7.20. The molecule has 0 bridgehead atoms. The van der Waals surface area contributed by atoms with E-state index >= 15 is 0 Å². The van der Waals surface area contributed by atoms with E-state index in [-0.39, 0.29) is 42.4 Å². The maximum atomic E-state index is 12.3. The van der Waals surface area contributed by atoms with E-state index in [0.29, 0.717) is 17.0 Å². The van der Waals surface area contributed by atoms with Crippen LogP contribution in [0.1, 0.15) is 20.3 Å². The van der Waals surface area contributed by atoms with Crippen molar-refractivity contribution >= 4 is 66.4 Å². The van der Waals surface area contributed by atoms with Crippen LogP contribution < -0.4 is 0 Å². The summed E-state index contributed by atoms with van der Waals surface area (Å²) < 4.78 is 5.89. The van der Waals surface area contributed by atoms with Gasteiger partial charge in [0.05, 0.1) is 0 Å². The molecule has 2 fully saturated rings. The molecule has 4 atom stereocenters. The molecule has 0 aromatic carbocycles. The van der Waals surface area contributed by atoms with E-state index in [9.17, 15) is 14.7 Å². The van der Waals surface area contributed by atoms with Gasteiger partial charge in [-0.3, -0.25) is 0 Å². The van der Waals surface area contributed by atoms with Crippen molar-refractivity contribution in [2.24, 2.45) is 5.92 Å². The number of rotatable bonds is 4. The molecular weight excluding hydrogens is 361 g/mol. The van der Waals surface area contributed by atoms with E-state index in [1.807, 2.05) is 4.90 Å². The van der Waals surface area contributed by atoms with Gasteiger partial charge in [0.15, 0.2) is 0 Å². The summed E-state index contributed by atoms with van der Waals surface area (Å²) in [7, 11) is 0. The number of aliphatic hydroxyl groups excluding tert-OH is 1. The third-order valence-corrected chi connectivity index (χ3v) is 7.38. The van der Waals surface area contributed by atoms with E-state index in [2.05, 4.69) is 0 Å². The number of thioether (sulfide) groups is 2. The Morgan fingerprint density at radius 1 is 1.58 bits per heavy atom. The first-order chi connectivity index (χ1) is 11.3. The van der Waals surface area contributed by atoms with E-state index in [1.54, 1.807) is 25.6 Å². The van der Waals surface area contributed by atoms with Crippen LogP contribution in [0.15, 0.2) is 10.1 Å². The van der Waals surface area contributed by atoms with Gasteiger partial charge in [-0.05, 0) is 0 Å². The standard InChI is InChI=1S/C14H18N3O4S2.Na/c1-7(19)10-11(20)17-12(21-6-18)14(23-13(10)17)22-9-3-4-16(5-9)8(2)15;/h7,9-10,13,15,19H,3-5H2,1-2H3;/t7?,9?,10?,13-;/m0./s1. The number of amides is 1. The number of hydrogen-bond acceptors (Lipinski definition) is 7. The number of ether oxygens (including phenoxy) is 1. The van der Waals surface area contributed by atoms with Gasteiger partial charge in [-0.1, -0.05) is 0 Å². The summed E-state index contributed by atoms with van der Waals surface area (Å²) in [5.74, 6) is 0.284. The van der Waals surface area contributed by atoms with Gasteiger partial charge in [0.25, 0.3) is 0 Å². The van der Waals surface area contributed by atoms with Crippen LogP contribution >= 0.6 is 23.5 Å². The van der Waals surface area contributed by atoms with Crippen LogP contribution in [0.25, 0.3) is 0 Å². The SMILES string of the molecule is CC(=N)N1CCC(SC2=C(O[C](=O)[Na])N3C(=O)C(C(C)O)[C@@H]3S2)C1. The normalized spacial score (nSPS) is 30.4. The fourth-order valence-corrected chi connectivity index (χ4v) is 6.51. The summed E-state index contributed by atoms with van der Waals surface area (Å²) in [5, 5.41) is 17.7. The van der Waals surface area contributed by atoms with Crippen LogP contribution in [0, 0.1) is 11.3 Å². The third kappa shape index (κ3) is 3.39. The molecule has 10 heteroatoms. The number of amidine groups is 1. The second-order valence-electron chi connectivity index (χ2n) is 6.23. The predicted molar refractivity (Wildman–Crippen MR) is 93.6 cm³/mol. The maximum absolute atomic E-state index is 12.3. The molecule has 0 radical (unpaired) electrons. The fraction of sp³-hybridized carbons (Fsp3) is 0.643. The van der Waals surface area contributed by atoms with Crippen LogP contribution in [0.3, 0.4) is 0 Å². The number of fused-ring (bicyclic) bond motifs is 1. The molecule has 2 N–H and O–H groups in total. The summed E-state index contributed by atoms with van der Waals surface area (Å²) in [6.45, 7) is 5.03. The molecule has 1 amide bonds. The van der Waals surface area contributed by atoms with Gasteiger partial charge in [-0.2, -0.15) is 0 Å². The Hall–Kier alpha value is -0.190. The number of β-lactam (4-membered cyclic amide) rings is 1. The predicted octanol–water partition coefficient (Wildman–Crippen LogP) is 1.13. The zero-order valence-electron chi connectivity index (χ0n) is 13.8. The average Bonchev–Trinajstić information content (AvgIpc) is 3.02. The molecule has 0 aromatic heterocycles. The minimum atomic E-state index is -0.717. The Morgan fingerprint density at radius 2 is 2.29 bits per heavy atom. The van der Waals surface area contributed by atoms with E-state index in [0.717, 1.165) is 23.7 Å². The summed E-state index contributed by atoms with van der Waals surface area (Å²) in [6, 6.07) is 0. The molecule has 0 saturated carbocycles. The molecule has 24 heavy (non-hydrogen) atoms. The molecule has 3 aliphatic rings. The second-order valence-corrected chi connectivity index (χ2v) is 9.74. The van der Waals surface area contributed by atoms with E-state index in [1.165, 1.54) is 16.7 Å². The molecule has 0 spiro atoms. The molecule has 2 saturated heterocycles. The molecule has 0 aliphatic carbocycles.